The molecule has 9 heteroatoms. The number of nitrogens with zero attached hydrogens (tertiary/aromatic N) is 1. The number of rotatable bonds is 3. The van der Waals surface area contributed by atoms with Gasteiger partial charge in [-0.25, -0.2) is 13.2 Å². The number of carboxylic acids is 1. The highest BCUT2D eigenvalue weighted by Gasteiger charge is 2.32. The SMILES string of the molecule is O=C1CN(S(=O)(=O)c2ccsc2C(=O)O)CCCN1. The lowest BCUT2D eigenvalue weighted by Gasteiger charge is -2.18. The van der Waals surface area contributed by atoms with E-state index in [1.807, 2.05) is 0 Å². The first-order chi connectivity index (χ1) is 8.93. The Labute approximate surface area is 113 Å². The number of amides is 1. The van der Waals surface area contributed by atoms with Crippen molar-refractivity contribution in [2.75, 3.05) is 19.6 Å². The van der Waals surface area contributed by atoms with Crippen LogP contribution in [0.2, 0.25) is 0 Å². The van der Waals surface area contributed by atoms with Crippen LogP contribution in [0.1, 0.15) is 16.1 Å². The van der Waals surface area contributed by atoms with Crippen molar-refractivity contribution < 1.29 is 23.1 Å². The smallest absolute Gasteiger partial charge is 0.347 e. The first kappa shape index (κ1) is 14.0. The minimum atomic E-state index is -3.95. The third-order valence-corrected chi connectivity index (χ3v) is 5.59. The molecule has 2 N–H and O–H groups in total. The minimum absolute atomic E-state index is 0.190. The molecular formula is C10H12N2O5S2. The van der Waals surface area contributed by atoms with Gasteiger partial charge in [0.25, 0.3) is 0 Å². The van der Waals surface area contributed by atoms with Crippen LogP contribution in [-0.2, 0) is 14.8 Å². The van der Waals surface area contributed by atoms with Crippen LogP contribution in [-0.4, -0.2) is 49.3 Å². The monoisotopic (exact) mass is 304 g/mol. The maximum absolute atomic E-state index is 12.4. The number of thiophene rings is 1. The number of nitrogens with one attached hydrogen (secondary N) is 1. The van der Waals surface area contributed by atoms with E-state index in [9.17, 15) is 18.0 Å². The lowest BCUT2D eigenvalue weighted by molar-refractivity contribution is -0.120. The van der Waals surface area contributed by atoms with Crippen LogP contribution in [0.25, 0.3) is 0 Å². The Hall–Kier alpha value is -1.45. The Morgan fingerprint density at radius 3 is 2.89 bits per heavy atom. The van der Waals surface area contributed by atoms with E-state index in [2.05, 4.69) is 5.32 Å². The Kier molecular flexibility index (Phi) is 3.88. The summed E-state index contributed by atoms with van der Waals surface area (Å²) < 4.78 is 25.7. The summed E-state index contributed by atoms with van der Waals surface area (Å²) in [6.45, 7) is 0.327. The predicted octanol–water partition coefficient (Wildman–Crippen LogP) is -0.0431. The number of carboxylic acid groups (broad SMARTS) is 1. The number of sulfonamides is 1. The molecule has 0 spiro atoms. The van der Waals surface area contributed by atoms with E-state index in [0.717, 1.165) is 15.6 Å². The molecule has 0 atom stereocenters. The minimum Gasteiger partial charge on any atom is -0.477 e. The molecule has 2 rings (SSSR count). The lowest BCUT2D eigenvalue weighted by Crippen LogP contribution is -2.37. The molecule has 7 nitrogen and oxygen atoms in total. The zero-order chi connectivity index (χ0) is 14.0. The molecule has 1 fully saturated rings. The van der Waals surface area contributed by atoms with Crippen molar-refractivity contribution in [1.29, 1.82) is 0 Å². The summed E-state index contributed by atoms with van der Waals surface area (Å²) >= 11 is 0.849. The van der Waals surface area contributed by atoms with Crippen LogP contribution >= 0.6 is 11.3 Å². The van der Waals surface area contributed by atoms with E-state index < -0.39 is 16.0 Å². The van der Waals surface area contributed by atoms with E-state index in [0.29, 0.717) is 13.0 Å². The maximum atomic E-state index is 12.4. The molecule has 1 saturated heterocycles. The molecule has 1 aliphatic heterocycles. The molecule has 0 aliphatic carbocycles. The van der Waals surface area contributed by atoms with Crippen molar-refractivity contribution in [1.82, 2.24) is 9.62 Å². The van der Waals surface area contributed by atoms with Gasteiger partial charge in [0.2, 0.25) is 15.9 Å². The van der Waals surface area contributed by atoms with Gasteiger partial charge in [0.15, 0.2) is 0 Å². The van der Waals surface area contributed by atoms with Gasteiger partial charge in [-0.05, 0) is 17.9 Å². The third kappa shape index (κ3) is 2.77. The quantitative estimate of drug-likeness (QED) is 0.815. The molecular weight excluding hydrogens is 292 g/mol. The van der Waals surface area contributed by atoms with Crippen molar-refractivity contribution in [3.63, 3.8) is 0 Å². The van der Waals surface area contributed by atoms with Gasteiger partial charge in [-0.1, -0.05) is 0 Å². The van der Waals surface area contributed by atoms with E-state index >= 15 is 0 Å². The number of hydrogen-bond acceptors (Lipinski definition) is 5. The van der Waals surface area contributed by atoms with Crippen molar-refractivity contribution in [2.24, 2.45) is 0 Å². The standard InChI is InChI=1S/C10H12N2O5S2/c13-8-6-12(4-1-3-11-8)19(16,17)7-2-5-18-9(7)10(14)15/h2,5H,1,3-4,6H2,(H,11,13)(H,14,15). The van der Waals surface area contributed by atoms with E-state index in [4.69, 9.17) is 5.11 Å². The second-order valence-corrected chi connectivity index (χ2v) is 6.78. The number of carbonyl (C=O) groups is 2. The number of hydrogen-bond donors (Lipinski definition) is 2. The topological polar surface area (TPSA) is 104 Å². The third-order valence-electron chi connectivity index (χ3n) is 2.67. The molecule has 0 aromatic carbocycles. The number of carbonyl (C=O) groups excluding carboxylic acids is 1. The second-order valence-electron chi connectivity index (χ2n) is 3.96. The summed E-state index contributed by atoms with van der Waals surface area (Å²) in [7, 11) is -3.95. The molecule has 0 bridgehead atoms. The molecule has 0 unspecified atom stereocenters. The molecule has 1 aromatic heterocycles. The van der Waals surface area contributed by atoms with Crippen molar-refractivity contribution in [3.8, 4) is 0 Å². The van der Waals surface area contributed by atoms with E-state index in [1.54, 1.807) is 0 Å². The fraction of sp³-hybridized carbons (Fsp3) is 0.400. The van der Waals surface area contributed by atoms with Gasteiger partial charge in [0.05, 0.1) is 6.54 Å². The molecule has 1 aromatic rings. The molecule has 19 heavy (non-hydrogen) atoms. The average Bonchev–Trinajstić information content (AvgIpc) is 2.73. The highest BCUT2D eigenvalue weighted by atomic mass is 32.2. The molecule has 2 heterocycles. The molecule has 1 amide bonds. The maximum Gasteiger partial charge on any atom is 0.347 e. The summed E-state index contributed by atoms with van der Waals surface area (Å²) in [6, 6.07) is 1.26. The first-order valence-electron chi connectivity index (χ1n) is 5.50. The van der Waals surface area contributed by atoms with Crippen molar-refractivity contribution in [2.45, 2.75) is 11.3 Å². The van der Waals surface area contributed by atoms with Crippen LogP contribution in [0.15, 0.2) is 16.3 Å². The summed E-state index contributed by atoms with van der Waals surface area (Å²) in [5, 5.41) is 13.0. The average molecular weight is 304 g/mol. The van der Waals surface area contributed by atoms with Crippen molar-refractivity contribution in [3.05, 3.63) is 16.3 Å². The van der Waals surface area contributed by atoms with E-state index in [-0.39, 0.29) is 28.8 Å². The molecule has 0 radical (unpaired) electrons. The Balaban J connectivity index is 2.38. The Morgan fingerprint density at radius 2 is 2.21 bits per heavy atom. The predicted molar refractivity (Wildman–Crippen MR) is 67.7 cm³/mol. The fourth-order valence-corrected chi connectivity index (χ4v) is 4.45. The highest BCUT2D eigenvalue weighted by molar-refractivity contribution is 7.89. The van der Waals surface area contributed by atoms with Gasteiger partial charge in [-0.15, -0.1) is 11.3 Å². The van der Waals surface area contributed by atoms with Crippen LogP contribution in [0.5, 0.6) is 0 Å². The van der Waals surface area contributed by atoms with Gasteiger partial charge in [-0.3, -0.25) is 4.79 Å². The molecule has 0 saturated carbocycles. The van der Waals surface area contributed by atoms with E-state index in [1.165, 1.54) is 11.4 Å². The van der Waals surface area contributed by atoms with Gasteiger partial charge in [0.1, 0.15) is 9.77 Å². The van der Waals surface area contributed by atoms with Gasteiger partial charge >= 0.3 is 5.97 Å². The van der Waals surface area contributed by atoms with Crippen LogP contribution in [0, 0.1) is 0 Å². The summed E-state index contributed by atoms with van der Waals surface area (Å²) in [6.07, 6.45) is 0.498. The zero-order valence-electron chi connectivity index (χ0n) is 9.83. The van der Waals surface area contributed by atoms with Gasteiger partial charge in [-0.2, -0.15) is 4.31 Å². The fourth-order valence-electron chi connectivity index (χ4n) is 1.78. The van der Waals surface area contributed by atoms with Crippen molar-refractivity contribution >= 4 is 33.2 Å². The second kappa shape index (κ2) is 5.27. The molecule has 104 valence electrons. The molecule has 1 aliphatic rings. The zero-order valence-corrected chi connectivity index (χ0v) is 11.5. The number of aromatic carboxylic acids is 1. The largest absolute Gasteiger partial charge is 0.477 e. The van der Waals surface area contributed by atoms with Crippen LogP contribution in [0.4, 0.5) is 0 Å². The van der Waals surface area contributed by atoms with Crippen LogP contribution < -0.4 is 5.32 Å². The lowest BCUT2D eigenvalue weighted by atomic mass is 10.4. The normalized spacial score (nSPS) is 17.8. The Morgan fingerprint density at radius 1 is 1.47 bits per heavy atom. The first-order valence-corrected chi connectivity index (χ1v) is 7.82. The van der Waals surface area contributed by atoms with Gasteiger partial charge in [0, 0.05) is 13.1 Å². The summed E-state index contributed by atoms with van der Waals surface area (Å²) in [5.74, 6) is -1.67. The summed E-state index contributed by atoms with van der Waals surface area (Å²) in [4.78, 5) is 21.9. The van der Waals surface area contributed by atoms with Gasteiger partial charge < -0.3 is 10.4 Å². The van der Waals surface area contributed by atoms with Crippen LogP contribution in [0.3, 0.4) is 0 Å². The highest BCUT2D eigenvalue weighted by Crippen LogP contribution is 2.25. The summed E-state index contributed by atoms with van der Waals surface area (Å²) in [5.41, 5.74) is 0. The Bertz CT molecular complexity index is 607.